The van der Waals surface area contributed by atoms with Gasteiger partial charge in [-0.05, 0) is 76.7 Å². The molecular weight excluding hydrogens is 624 g/mol. The highest BCUT2D eigenvalue weighted by atomic mass is 16.7. The zero-order valence-corrected chi connectivity index (χ0v) is 29.3. The molecule has 12 heteroatoms. The number of ether oxygens (including phenoxy) is 2. The lowest BCUT2D eigenvalue weighted by Gasteiger charge is -2.63. The van der Waals surface area contributed by atoms with Gasteiger partial charge in [0, 0.05) is 30.1 Å². The van der Waals surface area contributed by atoms with Crippen molar-refractivity contribution in [2.45, 2.75) is 136 Å². The van der Waals surface area contributed by atoms with E-state index in [2.05, 4.69) is 0 Å². The molecule has 0 aromatic carbocycles. The lowest BCUT2D eigenvalue weighted by atomic mass is 9.39. The summed E-state index contributed by atoms with van der Waals surface area (Å²) in [5.41, 5.74) is -6.30. The van der Waals surface area contributed by atoms with Crippen LogP contribution in [-0.2, 0) is 23.9 Å². The fourth-order valence-electron chi connectivity index (χ4n) is 10.2. The van der Waals surface area contributed by atoms with Crippen LogP contribution in [0.2, 0.25) is 0 Å². The molecule has 0 aromatic heterocycles. The second-order valence-corrected chi connectivity index (χ2v) is 17.1. The molecule has 0 aromatic rings. The molecule has 4 aliphatic carbocycles. The zero-order valence-electron chi connectivity index (χ0n) is 29.3. The number of fused-ring (bicyclic) bond motifs is 5. The molecular formula is C36H54O12. The average molecular weight is 679 g/mol. The Bertz CT molecular complexity index is 1410. The van der Waals surface area contributed by atoms with Gasteiger partial charge in [0.2, 0.25) is 12.1 Å². The monoisotopic (exact) mass is 678 g/mol. The van der Waals surface area contributed by atoms with Gasteiger partial charge in [-0.3, -0.25) is 14.4 Å². The van der Waals surface area contributed by atoms with Gasteiger partial charge in [-0.15, -0.1) is 0 Å². The van der Waals surface area contributed by atoms with Crippen LogP contribution >= 0.6 is 0 Å². The first kappa shape index (κ1) is 37.2. The number of hydrogen-bond donors (Lipinski definition) is 7. The van der Waals surface area contributed by atoms with E-state index in [4.69, 9.17) is 9.47 Å². The molecule has 7 N–H and O–H groups in total. The van der Waals surface area contributed by atoms with Gasteiger partial charge < -0.3 is 45.2 Å². The van der Waals surface area contributed by atoms with Crippen molar-refractivity contribution in [1.29, 1.82) is 0 Å². The van der Waals surface area contributed by atoms with Crippen LogP contribution in [0.3, 0.4) is 0 Å². The van der Waals surface area contributed by atoms with E-state index in [9.17, 15) is 50.1 Å². The molecule has 2 saturated carbocycles. The van der Waals surface area contributed by atoms with Crippen LogP contribution in [0.15, 0.2) is 23.5 Å². The molecule has 1 saturated heterocycles. The van der Waals surface area contributed by atoms with E-state index in [-0.39, 0.29) is 43.1 Å². The van der Waals surface area contributed by atoms with Crippen LogP contribution in [0.4, 0.5) is 0 Å². The van der Waals surface area contributed by atoms with E-state index in [0.717, 1.165) is 5.57 Å². The van der Waals surface area contributed by atoms with E-state index in [1.165, 1.54) is 6.92 Å². The standard InChI is InChI=1S/C36H54O12/c1-31(2,45)12-11-23(39)36(8,46)28-19(38)14-33(5)22-10-9-17-18(35(22,7)24(40)15-34(28,33)6)13-20(29(44)32(17,3)4)47-30-27(43)26(42)25(41)21(16-37)48-30/h9,13,18-19,21-22,25-28,30,37-38,41-43,45-46H,10-12,14-16H2,1-8H3/t18-,19-,21-,22+,25-,26+,27-,28+,30-,33+,34-,35+,36-/m1/s1. The summed E-state index contributed by atoms with van der Waals surface area (Å²) in [6.45, 7) is 13.1. The largest absolute Gasteiger partial charge is 0.459 e. The van der Waals surface area contributed by atoms with Crippen molar-refractivity contribution in [1.82, 2.24) is 0 Å². The lowest BCUT2D eigenvalue weighted by molar-refractivity contribution is -0.291. The summed E-state index contributed by atoms with van der Waals surface area (Å²) in [4.78, 5) is 42.0. The zero-order chi connectivity index (χ0) is 36.2. The van der Waals surface area contributed by atoms with Gasteiger partial charge in [0.25, 0.3) is 0 Å². The molecule has 0 amide bonds. The maximum atomic E-state index is 14.7. The quantitative estimate of drug-likeness (QED) is 0.180. The summed E-state index contributed by atoms with van der Waals surface area (Å²) in [6.07, 6.45) is -4.80. The number of hydrogen-bond acceptors (Lipinski definition) is 12. The van der Waals surface area contributed by atoms with Crippen LogP contribution in [0.1, 0.15) is 87.5 Å². The highest BCUT2D eigenvalue weighted by Crippen LogP contribution is 2.74. The fraction of sp³-hybridized carbons (Fsp3) is 0.806. The molecule has 3 fully saturated rings. The first-order valence-corrected chi connectivity index (χ1v) is 17.0. The summed E-state index contributed by atoms with van der Waals surface area (Å²) < 4.78 is 11.5. The molecule has 0 radical (unpaired) electrons. The predicted octanol–water partition coefficient (Wildman–Crippen LogP) is 1.10. The molecule has 0 unspecified atom stereocenters. The predicted molar refractivity (Wildman–Crippen MR) is 171 cm³/mol. The second-order valence-electron chi connectivity index (χ2n) is 17.1. The number of Topliss-reactive ketones (excluding diaryl/α,β-unsaturated/α-hetero) is 3. The van der Waals surface area contributed by atoms with Crippen molar-refractivity contribution in [3.63, 3.8) is 0 Å². The van der Waals surface area contributed by atoms with Crippen LogP contribution in [-0.4, -0.2) is 108 Å². The van der Waals surface area contributed by atoms with Gasteiger partial charge in [-0.2, -0.15) is 0 Å². The van der Waals surface area contributed by atoms with Crippen LogP contribution in [0, 0.1) is 39.4 Å². The smallest absolute Gasteiger partial charge is 0.229 e. The van der Waals surface area contributed by atoms with E-state index in [0.29, 0.717) is 6.42 Å². The maximum absolute atomic E-state index is 14.7. The number of aliphatic hydroxyl groups excluding tert-OH is 5. The van der Waals surface area contributed by atoms with Gasteiger partial charge in [-0.25, -0.2) is 0 Å². The first-order chi connectivity index (χ1) is 21.9. The molecule has 5 rings (SSSR count). The first-order valence-electron chi connectivity index (χ1n) is 17.0. The number of carbonyl (C=O) groups excluding carboxylic acids is 3. The van der Waals surface area contributed by atoms with Gasteiger partial charge in [0.15, 0.2) is 11.5 Å². The second kappa shape index (κ2) is 11.8. The summed E-state index contributed by atoms with van der Waals surface area (Å²) in [7, 11) is 0. The Morgan fingerprint density at radius 3 is 2.19 bits per heavy atom. The average Bonchev–Trinajstić information content (AvgIpc) is 3.19. The molecule has 13 atom stereocenters. The van der Waals surface area contributed by atoms with Crippen molar-refractivity contribution in [2.75, 3.05) is 6.61 Å². The Hall–Kier alpha value is -2.03. The van der Waals surface area contributed by atoms with Gasteiger partial charge in [-0.1, -0.05) is 32.4 Å². The molecule has 48 heavy (non-hydrogen) atoms. The molecule has 0 spiro atoms. The topological polar surface area (TPSA) is 211 Å². The number of carbonyl (C=O) groups is 3. The van der Waals surface area contributed by atoms with Crippen molar-refractivity contribution in [3.05, 3.63) is 23.5 Å². The minimum atomic E-state index is -1.97. The Morgan fingerprint density at radius 1 is 0.979 bits per heavy atom. The number of rotatable bonds is 8. The Labute approximate surface area is 281 Å². The third-order valence-corrected chi connectivity index (χ3v) is 13.2. The third kappa shape index (κ3) is 5.28. The SMILES string of the molecule is CC(C)(O)CCC(=O)[C@@](C)(O)[C@H]1[C@H](O)C[C@@]2(C)[C@@H]3CC=C4[C@@H](C=C(O[C@@H]5O[C@H](CO)[C@@H](O)[C@H](O)[C@H]5O)C(=O)C4(C)C)[C@]3(C)C(=O)C[C@]12C. The molecule has 270 valence electrons. The number of ketones is 3. The van der Waals surface area contributed by atoms with E-state index in [1.807, 2.05) is 26.8 Å². The van der Waals surface area contributed by atoms with E-state index < -0.39 is 99.7 Å². The summed E-state index contributed by atoms with van der Waals surface area (Å²) in [5, 5.41) is 74.5. The molecule has 0 bridgehead atoms. The Morgan fingerprint density at radius 2 is 1.60 bits per heavy atom. The molecule has 1 heterocycles. The van der Waals surface area contributed by atoms with Gasteiger partial charge in [0.05, 0.1) is 23.7 Å². The summed E-state index contributed by atoms with van der Waals surface area (Å²) >= 11 is 0. The Balaban J connectivity index is 1.53. The minimum absolute atomic E-state index is 0.0396. The lowest BCUT2D eigenvalue weighted by Crippen LogP contribution is -2.64. The Kier molecular flexibility index (Phi) is 9.12. The van der Waals surface area contributed by atoms with Gasteiger partial charge >= 0.3 is 0 Å². The third-order valence-electron chi connectivity index (χ3n) is 13.2. The van der Waals surface area contributed by atoms with Crippen LogP contribution in [0.25, 0.3) is 0 Å². The highest BCUT2D eigenvalue weighted by molar-refractivity contribution is 6.02. The summed E-state index contributed by atoms with van der Waals surface area (Å²) in [6, 6.07) is 0. The van der Waals surface area contributed by atoms with Gasteiger partial charge in [0.1, 0.15) is 35.8 Å². The fourth-order valence-corrected chi connectivity index (χ4v) is 10.2. The van der Waals surface area contributed by atoms with E-state index >= 15 is 0 Å². The minimum Gasteiger partial charge on any atom is -0.459 e. The van der Waals surface area contributed by atoms with Crippen LogP contribution < -0.4 is 0 Å². The molecule has 5 aliphatic rings. The maximum Gasteiger partial charge on any atom is 0.229 e. The van der Waals surface area contributed by atoms with Crippen molar-refractivity contribution < 1.29 is 59.6 Å². The van der Waals surface area contributed by atoms with E-state index in [1.54, 1.807) is 33.8 Å². The number of allylic oxidation sites excluding steroid dienone is 4. The molecule has 12 nitrogen and oxygen atoms in total. The normalized spacial score (nSPS) is 45.3. The highest BCUT2D eigenvalue weighted by Gasteiger charge is 2.74. The number of aliphatic hydroxyl groups is 7. The van der Waals surface area contributed by atoms with Crippen molar-refractivity contribution in [3.8, 4) is 0 Å². The van der Waals surface area contributed by atoms with Crippen LogP contribution in [0.5, 0.6) is 0 Å². The van der Waals surface area contributed by atoms with Crippen molar-refractivity contribution in [2.24, 2.45) is 39.4 Å². The van der Waals surface area contributed by atoms with Crippen molar-refractivity contribution >= 4 is 17.3 Å². The molecule has 1 aliphatic heterocycles. The summed E-state index contributed by atoms with van der Waals surface area (Å²) in [5.74, 6) is -3.21.